The Bertz CT molecular complexity index is 502. The van der Waals surface area contributed by atoms with E-state index in [1.54, 1.807) is 12.1 Å². The molecule has 0 bridgehead atoms. The second-order valence-electron chi connectivity index (χ2n) is 4.31. The second-order valence-corrected chi connectivity index (χ2v) is 4.31. The summed E-state index contributed by atoms with van der Waals surface area (Å²) >= 11 is 0. The minimum absolute atomic E-state index is 0.0432. The quantitative estimate of drug-likeness (QED) is 0.354. The van der Waals surface area contributed by atoms with Crippen LogP contribution in [0.1, 0.15) is 25.3 Å². The third kappa shape index (κ3) is 3.12. The number of nitrogens with zero attached hydrogens (tertiary/aromatic N) is 2. The van der Waals surface area contributed by atoms with Gasteiger partial charge < -0.3 is 11.5 Å². The molecule has 1 aromatic rings. The standard InChI is InChI=1S/C11H18N6O2/c1-6(2)8-5-7(16(14)10(12)18)3-4-9(8)17(15)11(13)19/h3-6H,14-15H2,1-2H3,(H2,12,18)(H2,13,19). The number of amides is 4. The number of carbonyl (C=O) groups excluding carboxylic acids is 2. The molecule has 0 aliphatic rings. The van der Waals surface area contributed by atoms with Gasteiger partial charge in [0.25, 0.3) is 0 Å². The third-order valence-electron chi connectivity index (χ3n) is 2.65. The van der Waals surface area contributed by atoms with Crippen LogP contribution < -0.4 is 33.2 Å². The Balaban J connectivity index is 3.30. The van der Waals surface area contributed by atoms with E-state index in [1.165, 1.54) is 6.07 Å². The molecule has 0 radical (unpaired) electrons. The summed E-state index contributed by atoms with van der Waals surface area (Å²) in [5, 5.41) is 1.64. The molecule has 8 N–H and O–H groups in total. The van der Waals surface area contributed by atoms with Crippen molar-refractivity contribution < 1.29 is 9.59 Å². The molecule has 0 saturated heterocycles. The Morgan fingerprint density at radius 2 is 1.58 bits per heavy atom. The molecule has 0 aliphatic heterocycles. The van der Waals surface area contributed by atoms with Crippen molar-refractivity contribution in [2.75, 3.05) is 10.0 Å². The van der Waals surface area contributed by atoms with E-state index in [0.717, 1.165) is 15.6 Å². The van der Waals surface area contributed by atoms with E-state index < -0.39 is 12.1 Å². The van der Waals surface area contributed by atoms with Gasteiger partial charge in [-0.15, -0.1) is 0 Å². The number of primary amides is 2. The largest absolute Gasteiger partial charge is 0.350 e. The zero-order chi connectivity index (χ0) is 14.7. The molecule has 8 heteroatoms. The fourth-order valence-electron chi connectivity index (χ4n) is 1.62. The molecule has 19 heavy (non-hydrogen) atoms. The van der Waals surface area contributed by atoms with E-state index in [9.17, 15) is 9.59 Å². The third-order valence-corrected chi connectivity index (χ3v) is 2.65. The molecule has 0 aromatic heterocycles. The number of benzene rings is 1. The van der Waals surface area contributed by atoms with Gasteiger partial charge in [-0.05, 0) is 29.7 Å². The number of hydrazine groups is 2. The maximum Gasteiger partial charge on any atom is 0.333 e. The molecule has 104 valence electrons. The van der Waals surface area contributed by atoms with Crippen molar-refractivity contribution in [3.05, 3.63) is 23.8 Å². The maximum absolute atomic E-state index is 11.1. The summed E-state index contributed by atoms with van der Waals surface area (Å²) in [6.45, 7) is 3.81. The van der Waals surface area contributed by atoms with Crippen molar-refractivity contribution in [3.8, 4) is 0 Å². The molecule has 4 amide bonds. The molecular formula is C11H18N6O2. The smallest absolute Gasteiger partial charge is 0.333 e. The lowest BCUT2D eigenvalue weighted by atomic mass is 10.00. The Labute approximate surface area is 110 Å². The zero-order valence-corrected chi connectivity index (χ0v) is 10.8. The van der Waals surface area contributed by atoms with E-state index in [2.05, 4.69) is 0 Å². The summed E-state index contributed by atoms with van der Waals surface area (Å²) in [6.07, 6.45) is 0. The van der Waals surface area contributed by atoms with Crippen molar-refractivity contribution in [3.63, 3.8) is 0 Å². The molecular weight excluding hydrogens is 248 g/mol. The fraction of sp³-hybridized carbons (Fsp3) is 0.273. The first-order chi connectivity index (χ1) is 8.75. The Hall–Kier alpha value is -2.32. The molecule has 1 aromatic carbocycles. The number of rotatable bonds is 3. The molecule has 0 aliphatic carbocycles. The van der Waals surface area contributed by atoms with Gasteiger partial charge in [0, 0.05) is 0 Å². The monoisotopic (exact) mass is 266 g/mol. The van der Waals surface area contributed by atoms with Crippen LogP contribution in [0.15, 0.2) is 18.2 Å². The van der Waals surface area contributed by atoms with Gasteiger partial charge in [0.15, 0.2) is 0 Å². The van der Waals surface area contributed by atoms with Crippen LogP contribution in [0.25, 0.3) is 0 Å². The summed E-state index contributed by atoms with van der Waals surface area (Å²) in [5.74, 6) is 11.1. The normalized spacial score (nSPS) is 10.4. The van der Waals surface area contributed by atoms with Crippen LogP contribution in [0, 0.1) is 0 Å². The lowest BCUT2D eigenvalue weighted by Gasteiger charge is -2.22. The van der Waals surface area contributed by atoms with Gasteiger partial charge in [0.1, 0.15) is 0 Å². The molecule has 8 nitrogen and oxygen atoms in total. The molecule has 0 fully saturated rings. The topological polar surface area (TPSA) is 145 Å². The van der Waals surface area contributed by atoms with Crippen LogP contribution >= 0.6 is 0 Å². The number of hydrogen-bond donors (Lipinski definition) is 4. The van der Waals surface area contributed by atoms with E-state index >= 15 is 0 Å². The van der Waals surface area contributed by atoms with Gasteiger partial charge in [0.05, 0.1) is 11.4 Å². The average Bonchev–Trinajstić information content (AvgIpc) is 2.35. The van der Waals surface area contributed by atoms with E-state index in [-0.39, 0.29) is 5.92 Å². The van der Waals surface area contributed by atoms with E-state index in [1.807, 2.05) is 13.8 Å². The highest BCUT2D eigenvalue weighted by Crippen LogP contribution is 2.30. The maximum atomic E-state index is 11.1. The van der Waals surface area contributed by atoms with Crippen LogP contribution in [0.3, 0.4) is 0 Å². The number of carbonyl (C=O) groups is 2. The number of nitrogens with two attached hydrogens (primary N) is 4. The van der Waals surface area contributed by atoms with Crippen molar-refractivity contribution in [1.29, 1.82) is 0 Å². The number of anilines is 2. The predicted octanol–water partition coefficient (Wildman–Crippen LogP) is 0.328. The van der Waals surface area contributed by atoms with Crippen LogP contribution in [0.2, 0.25) is 0 Å². The highest BCUT2D eigenvalue weighted by molar-refractivity contribution is 5.93. The Morgan fingerprint density at radius 3 is 2.00 bits per heavy atom. The highest BCUT2D eigenvalue weighted by Gasteiger charge is 2.17. The van der Waals surface area contributed by atoms with Crippen LogP contribution in [0.4, 0.5) is 21.0 Å². The van der Waals surface area contributed by atoms with Crippen LogP contribution in [-0.4, -0.2) is 12.1 Å². The van der Waals surface area contributed by atoms with Gasteiger partial charge in [0.2, 0.25) is 0 Å². The summed E-state index contributed by atoms with van der Waals surface area (Å²) in [7, 11) is 0. The minimum Gasteiger partial charge on any atom is -0.350 e. The Kier molecular flexibility index (Phi) is 4.30. The SMILES string of the molecule is CC(C)c1cc(N(N)C(N)=O)ccc1N(N)C(N)=O. The summed E-state index contributed by atoms with van der Waals surface area (Å²) in [5.41, 5.74) is 11.8. The number of hydrogen-bond acceptors (Lipinski definition) is 4. The molecule has 0 saturated carbocycles. The lowest BCUT2D eigenvalue weighted by molar-refractivity contribution is 0.253. The molecule has 0 atom stereocenters. The van der Waals surface area contributed by atoms with Gasteiger partial charge in [-0.3, -0.25) is 0 Å². The second kappa shape index (κ2) is 5.55. The highest BCUT2D eigenvalue weighted by atomic mass is 16.2. The van der Waals surface area contributed by atoms with Crippen LogP contribution in [-0.2, 0) is 0 Å². The first-order valence-electron chi connectivity index (χ1n) is 5.58. The average molecular weight is 266 g/mol. The van der Waals surface area contributed by atoms with Gasteiger partial charge in [-0.25, -0.2) is 31.3 Å². The van der Waals surface area contributed by atoms with Gasteiger partial charge in [-0.1, -0.05) is 13.8 Å². The van der Waals surface area contributed by atoms with Crippen LogP contribution in [0.5, 0.6) is 0 Å². The van der Waals surface area contributed by atoms with E-state index in [4.69, 9.17) is 23.2 Å². The van der Waals surface area contributed by atoms with Crippen molar-refractivity contribution in [1.82, 2.24) is 0 Å². The molecule has 0 spiro atoms. The van der Waals surface area contributed by atoms with E-state index in [0.29, 0.717) is 11.4 Å². The number of urea groups is 2. The fourth-order valence-corrected chi connectivity index (χ4v) is 1.62. The first-order valence-corrected chi connectivity index (χ1v) is 5.58. The summed E-state index contributed by atoms with van der Waals surface area (Å²) < 4.78 is 0. The van der Waals surface area contributed by atoms with Crippen molar-refractivity contribution in [2.45, 2.75) is 19.8 Å². The molecule has 1 rings (SSSR count). The zero-order valence-electron chi connectivity index (χ0n) is 10.8. The minimum atomic E-state index is -0.790. The van der Waals surface area contributed by atoms with Crippen molar-refractivity contribution in [2.24, 2.45) is 23.2 Å². The summed E-state index contributed by atoms with van der Waals surface area (Å²) in [6, 6.07) is 3.14. The van der Waals surface area contributed by atoms with Gasteiger partial charge in [-0.2, -0.15) is 0 Å². The first kappa shape index (κ1) is 14.7. The Morgan fingerprint density at radius 1 is 1.05 bits per heavy atom. The lowest BCUT2D eigenvalue weighted by Crippen LogP contribution is -2.43. The summed E-state index contributed by atoms with van der Waals surface area (Å²) in [4.78, 5) is 22.1. The van der Waals surface area contributed by atoms with Gasteiger partial charge >= 0.3 is 12.1 Å². The van der Waals surface area contributed by atoms with Crippen molar-refractivity contribution >= 4 is 23.4 Å². The predicted molar refractivity (Wildman–Crippen MR) is 73.0 cm³/mol. The molecule has 0 unspecified atom stereocenters. The molecule has 0 heterocycles.